The van der Waals surface area contributed by atoms with Crippen LogP contribution >= 0.6 is 15.9 Å². The average Bonchev–Trinajstić information content (AvgIpc) is 2.55. The zero-order valence-electron chi connectivity index (χ0n) is 15.2. The standard InChI is InChI=1S/C21H27BrO2Si/c1-17(22)15-18(23)16-24-25(21(2,3)4,19-11-7-5-8-12-19)20-13-9-6-10-14-20/h5-14,18,23H,1,15-16H2,2-4H3/t18-/m1/s1. The highest BCUT2D eigenvalue weighted by Gasteiger charge is 2.50. The zero-order valence-corrected chi connectivity index (χ0v) is 17.8. The molecule has 2 aromatic rings. The molecule has 0 bridgehead atoms. The van der Waals surface area contributed by atoms with Gasteiger partial charge in [0.1, 0.15) is 0 Å². The number of hydrogen-bond acceptors (Lipinski definition) is 2. The van der Waals surface area contributed by atoms with E-state index in [1.165, 1.54) is 10.4 Å². The molecule has 0 spiro atoms. The quantitative estimate of drug-likeness (QED) is 0.681. The van der Waals surface area contributed by atoms with Crippen LogP contribution in [0.15, 0.2) is 71.7 Å². The molecule has 0 heterocycles. The van der Waals surface area contributed by atoms with Crippen LogP contribution in [0.2, 0.25) is 5.04 Å². The van der Waals surface area contributed by atoms with Crippen LogP contribution in [0.1, 0.15) is 27.2 Å². The van der Waals surface area contributed by atoms with Crippen molar-refractivity contribution < 1.29 is 9.53 Å². The molecule has 2 rings (SSSR count). The Morgan fingerprint density at radius 1 is 1.04 bits per heavy atom. The van der Waals surface area contributed by atoms with Crippen LogP contribution < -0.4 is 10.4 Å². The van der Waals surface area contributed by atoms with Crippen molar-refractivity contribution in [2.45, 2.75) is 38.3 Å². The summed E-state index contributed by atoms with van der Waals surface area (Å²) < 4.78 is 7.44. The first kappa shape index (κ1) is 20.1. The SMILES string of the molecule is C=C(Br)C[C@@H](O)CO[Si](c1ccccc1)(c1ccccc1)C(C)(C)C. The van der Waals surface area contributed by atoms with Gasteiger partial charge in [-0.15, -0.1) is 0 Å². The highest BCUT2D eigenvalue weighted by molar-refractivity contribution is 9.11. The fourth-order valence-corrected chi connectivity index (χ4v) is 8.27. The zero-order chi connectivity index (χ0) is 18.5. The number of benzene rings is 2. The lowest BCUT2D eigenvalue weighted by Gasteiger charge is -2.43. The summed E-state index contributed by atoms with van der Waals surface area (Å²) in [5.41, 5.74) is 0. The molecule has 134 valence electrons. The maximum atomic E-state index is 10.3. The molecule has 1 atom stereocenters. The Hall–Kier alpha value is -1.20. The monoisotopic (exact) mass is 418 g/mol. The van der Waals surface area contributed by atoms with E-state index in [4.69, 9.17) is 4.43 Å². The number of aliphatic hydroxyl groups is 1. The van der Waals surface area contributed by atoms with Crippen molar-refractivity contribution in [2.75, 3.05) is 6.61 Å². The maximum Gasteiger partial charge on any atom is 0.261 e. The van der Waals surface area contributed by atoms with Gasteiger partial charge in [-0.3, -0.25) is 0 Å². The minimum absolute atomic E-state index is 0.0825. The van der Waals surface area contributed by atoms with Crippen LogP contribution in [-0.2, 0) is 4.43 Å². The third-order valence-corrected chi connectivity index (χ3v) is 9.69. The molecule has 0 fully saturated rings. The first-order valence-corrected chi connectivity index (χ1v) is 11.2. The van der Waals surface area contributed by atoms with E-state index in [9.17, 15) is 5.11 Å². The van der Waals surface area contributed by atoms with Crippen LogP contribution in [0.4, 0.5) is 0 Å². The summed E-state index contributed by atoms with van der Waals surface area (Å²) in [6, 6.07) is 20.9. The normalized spacial score (nSPS) is 13.5. The van der Waals surface area contributed by atoms with Gasteiger partial charge in [-0.1, -0.05) is 104 Å². The molecule has 0 aromatic heterocycles. The second-order valence-corrected chi connectivity index (χ2v) is 12.8. The Balaban J connectivity index is 2.51. The summed E-state index contributed by atoms with van der Waals surface area (Å²) in [7, 11) is -2.57. The molecule has 0 aliphatic carbocycles. The molecule has 0 saturated heterocycles. The van der Waals surface area contributed by atoms with E-state index in [2.05, 4.69) is 91.8 Å². The molecule has 1 N–H and O–H groups in total. The van der Waals surface area contributed by atoms with E-state index in [1.54, 1.807) is 0 Å². The number of hydrogen-bond donors (Lipinski definition) is 1. The minimum atomic E-state index is -2.57. The van der Waals surface area contributed by atoms with Gasteiger partial charge in [0.05, 0.1) is 12.7 Å². The minimum Gasteiger partial charge on any atom is -0.405 e. The van der Waals surface area contributed by atoms with E-state index in [0.717, 1.165) is 4.48 Å². The van der Waals surface area contributed by atoms with Crippen molar-refractivity contribution in [2.24, 2.45) is 0 Å². The van der Waals surface area contributed by atoms with E-state index < -0.39 is 14.4 Å². The molecular formula is C21H27BrO2Si. The van der Waals surface area contributed by atoms with Gasteiger partial charge in [-0.05, 0) is 19.9 Å². The van der Waals surface area contributed by atoms with Crippen molar-refractivity contribution in [3.63, 3.8) is 0 Å². The summed E-state index contributed by atoms with van der Waals surface area (Å²) in [5, 5.41) is 12.7. The van der Waals surface area contributed by atoms with Crippen LogP contribution in [0.25, 0.3) is 0 Å². The molecule has 0 saturated carbocycles. The highest BCUT2D eigenvalue weighted by Crippen LogP contribution is 2.36. The highest BCUT2D eigenvalue weighted by atomic mass is 79.9. The predicted octanol–water partition coefficient (Wildman–Crippen LogP) is 4.22. The van der Waals surface area contributed by atoms with E-state index >= 15 is 0 Å². The van der Waals surface area contributed by atoms with Crippen LogP contribution in [0.5, 0.6) is 0 Å². The van der Waals surface area contributed by atoms with Crippen molar-refractivity contribution in [1.82, 2.24) is 0 Å². The molecule has 0 unspecified atom stereocenters. The van der Waals surface area contributed by atoms with Crippen molar-refractivity contribution in [3.8, 4) is 0 Å². The van der Waals surface area contributed by atoms with Gasteiger partial charge in [0.25, 0.3) is 8.32 Å². The lowest BCUT2D eigenvalue weighted by Crippen LogP contribution is -2.67. The molecule has 2 nitrogen and oxygen atoms in total. The van der Waals surface area contributed by atoms with Gasteiger partial charge in [0.2, 0.25) is 0 Å². The van der Waals surface area contributed by atoms with E-state index in [0.29, 0.717) is 6.42 Å². The summed E-state index contributed by atoms with van der Waals surface area (Å²) >= 11 is 3.33. The number of rotatable bonds is 7. The molecule has 0 aliphatic heterocycles. The largest absolute Gasteiger partial charge is 0.405 e. The fourth-order valence-electron chi connectivity index (χ4n) is 3.30. The first-order valence-electron chi connectivity index (χ1n) is 8.53. The maximum absolute atomic E-state index is 10.3. The molecule has 0 amide bonds. The fraction of sp³-hybridized carbons (Fsp3) is 0.333. The first-order chi connectivity index (χ1) is 11.8. The Morgan fingerprint density at radius 3 is 1.84 bits per heavy atom. The smallest absolute Gasteiger partial charge is 0.261 e. The molecule has 2 aromatic carbocycles. The predicted molar refractivity (Wildman–Crippen MR) is 112 cm³/mol. The molecule has 4 heteroatoms. The average molecular weight is 419 g/mol. The molecule has 0 radical (unpaired) electrons. The summed E-state index contributed by atoms with van der Waals surface area (Å²) in [5.74, 6) is 0. The van der Waals surface area contributed by atoms with Gasteiger partial charge in [-0.2, -0.15) is 0 Å². The topological polar surface area (TPSA) is 29.5 Å². The third-order valence-electron chi connectivity index (χ3n) is 4.37. The van der Waals surface area contributed by atoms with Crippen molar-refractivity contribution in [1.29, 1.82) is 0 Å². The van der Waals surface area contributed by atoms with Crippen LogP contribution in [0.3, 0.4) is 0 Å². The molecule has 0 aliphatic rings. The molecule has 25 heavy (non-hydrogen) atoms. The summed E-state index contributed by atoms with van der Waals surface area (Å²) in [6.45, 7) is 10.8. The number of aliphatic hydroxyl groups excluding tert-OH is 1. The van der Waals surface area contributed by atoms with Gasteiger partial charge in [-0.25, -0.2) is 0 Å². The van der Waals surface area contributed by atoms with Crippen molar-refractivity contribution >= 4 is 34.6 Å². The second-order valence-electron chi connectivity index (χ2n) is 7.35. The Morgan fingerprint density at radius 2 is 1.48 bits per heavy atom. The molecular weight excluding hydrogens is 392 g/mol. The summed E-state index contributed by atoms with van der Waals surface area (Å²) in [6.07, 6.45) is -0.0911. The van der Waals surface area contributed by atoms with Gasteiger partial charge in [0.15, 0.2) is 0 Å². The van der Waals surface area contributed by atoms with E-state index in [-0.39, 0.29) is 11.6 Å². The van der Waals surface area contributed by atoms with Crippen LogP contribution in [0, 0.1) is 0 Å². The Bertz CT molecular complexity index is 641. The van der Waals surface area contributed by atoms with Gasteiger partial charge in [0, 0.05) is 6.42 Å². The lowest BCUT2D eigenvalue weighted by atomic mass is 10.2. The van der Waals surface area contributed by atoms with Gasteiger partial charge >= 0.3 is 0 Å². The second kappa shape index (κ2) is 8.45. The van der Waals surface area contributed by atoms with Crippen molar-refractivity contribution in [3.05, 3.63) is 71.7 Å². The lowest BCUT2D eigenvalue weighted by molar-refractivity contribution is 0.104. The number of halogens is 1. The Labute approximate surface area is 160 Å². The van der Waals surface area contributed by atoms with Gasteiger partial charge < -0.3 is 9.53 Å². The van der Waals surface area contributed by atoms with E-state index in [1.807, 2.05) is 12.1 Å². The van der Waals surface area contributed by atoms with Crippen LogP contribution in [-0.4, -0.2) is 26.1 Å². The Kier molecular flexibility index (Phi) is 6.80. The summed E-state index contributed by atoms with van der Waals surface area (Å²) in [4.78, 5) is 0. The third kappa shape index (κ3) is 4.70.